The van der Waals surface area contributed by atoms with Crippen LogP contribution in [-0.2, 0) is 4.79 Å². The van der Waals surface area contributed by atoms with Gasteiger partial charge in [0.15, 0.2) is 11.2 Å². The van der Waals surface area contributed by atoms with Crippen LogP contribution in [0.2, 0.25) is 10.0 Å². The first-order chi connectivity index (χ1) is 12.8. The van der Waals surface area contributed by atoms with Crippen LogP contribution in [0.5, 0.6) is 5.75 Å². The van der Waals surface area contributed by atoms with Crippen molar-refractivity contribution in [1.29, 1.82) is 0 Å². The van der Waals surface area contributed by atoms with Crippen LogP contribution >= 0.6 is 35.4 Å². The molecule has 2 amide bonds. The van der Waals surface area contributed by atoms with Gasteiger partial charge in [0.25, 0.3) is 11.8 Å². The quantitative estimate of drug-likeness (QED) is 0.516. The van der Waals surface area contributed by atoms with Gasteiger partial charge in [-0.15, -0.1) is 0 Å². The molecular formula is C18H17Cl2N3O3S. The number of hydrogen-bond donors (Lipinski definition) is 3. The van der Waals surface area contributed by atoms with E-state index in [0.29, 0.717) is 16.3 Å². The summed E-state index contributed by atoms with van der Waals surface area (Å²) in [5.41, 5.74) is 6.30. The number of aryl methyl sites for hydroxylation is 1. The van der Waals surface area contributed by atoms with E-state index in [9.17, 15) is 9.59 Å². The topological polar surface area (TPSA) is 79.5 Å². The third-order valence-electron chi connectivity index (χ3n) is 3.41. The molecule has 0 bridgehead atoms. The second-order valence-corrected chi connectivity index (χ2v) is 6.85. The van der Waals surface area contributed by atoms with Crippen LogP contribution in [0.15, 0.2) is 42.5 Å². The minimum Gasteiger partial charge on any atom is -0.479 e. The lowest BCUT2D eigenvalue weighted by atomic mass is 10.1. The summed E-state index contributed by atoms with van der Waals surface area (Å²) in [6.45, 7) is 3.46. The molecule has 1 unspecified atom stereocenters. The lowest BCUT2D eigenvalue weighted by Gasteiger charge is -2.17. The van der Waals surface area contributed by atoms with E-state index >= 15 is 0 Å². The maximum atomic E-state index is 12.1. The average Bonchev–Trinajstić information content (AvgIpc) is 2.62. The van der Waals surface area contributed by atoms with Crippen molar-refractivity contribution in [2.24, 2.45) is 0 Å². The summed E-state index contributed by atoms with van der Waals surface area (Å²) in [6, 6.07) is 11.7. The first-order valence-corrected chi connectivity index (χ1v) is 9.02. The molecule has 3 N–H and O–H groups in total. The number of benzene rings is 2. The summed E-state index contributed by atoms with van der Waals surface area (Å²) < 4.78 is 5.48. The molecule has 6 nitrogen and oxygen atoms in total. The van der Waals surface area contributed by atoms with Gasteiger partial charge in [-0.25, -0.2) is 0 Å². The van der Waals surface area contributed by atoms with Crippen molar-refractivity contribution >= 4 is 52.3 Å². The van der Waals surface area contributed by atoms with Crippen LogP contribution in [0.25, 0.3) is 0 Å². The molecule has 142 valence electrons. The molecule has 2 aromatic carbocycles. The van der Waals surface area contributed by atoms with Crippen LogP contribution < -0.4 is 20.9 Å². The number of hydrazine groups is 1. The zero-order valence-corrected chi connectivity index (χ0v) is 16.8. The number of ether oxygens (including phenoxy) is 1. The first kappa shape index (κ1) is 21.0. The van der Waals surface area contributed by atoms with Gasteiger partial charge in [0.2, 0.25) is 0 Å². The molecule has 0 aromatic heterocycles. The SMILES string of the molecule is Cc1ccc(C(=O)NC(=S)NNC(=O)C(C)Oc2ccc(Cl)cc2Cl)cc1. The molecule has 1 atom stereocenters. The highest BCUT2D eigenvalue weighted by Crippen LogP contribution is 2.28. The molecule has 0 radical (unpaired) electrons. The van der Waals surface area contributed by atoms with Crippen molar-refractivity contribution in [2.45, 2.75) is 20.0 Å². The Labute approximate surface area is 172 Å². The molecule has 0 saturated carbocycles. The van der Waals surface area contributed by atoms with Gasteiger partial charge in [-0.05, 0) is 56.4 Å². The van der Waals surface area contributed by atoms with E-state index in [-0.39, 0.29) is 16.0 Å². The Morgan fingerprint density at radius 2 is 1.74 bits per heavy atom. The predicted molar refractivity (Wildman–Crippen MR) is 109 cm³/mol. The molecule has 0 aliphatic carbocycles. The van der Waals surface area contributed by atoms with Gasteiger partial charge >= 0.3 is 0 Å². The third-order valence-corrected chi connectivity index (χ3v) is 4.14. The molecule has 0 heterocycles. The Balaban J connectivity index is 1.82. The summed E-state index contributed by atoms with van der Waals surface area (Å²) in [7, 11) is 0. The summed E-state index contributed by atoms with van der Waals surface area (Å²) in [5.74, 6) is -0.578. The number of carbonyl (C=O) groups is 2. The predicted octanol–water partition coefficient (Wildman–Crippen LogP) is 3.40. The summed E-state index contributed by atoms with van der Waals surface area (Å²) in [4.78, 5) is 24.1. The Bertz CT molecular complexity index is 859. The van der Waals surface area contributed by atoms with Crippen molar-refractivity contribution in [1.82, 2.24) is 16.2 Å². The number of nitrogens with one attached hydrogen (secondary N) is 3. The van der Waals surface area contributed by atoms with Crippen LogP contribution in [0.1, 0.15) is 22.8 Å². The normalized spacial score (nSPS) is 11.3. The fraction of sp³-hybridized carbons (Fsp3) is 0.167. The number of amides is 2. The van der Waals surface area contributed by atoms with Gasteiger partial charge in [0.1, 0.15) is 5.75 Å². The number of halogens is 2. The Hall–Kier alpha value is -2.35. The Morgan fingerprint density at radius 3 is 2.37 bits per heavy atom. The lowest BCUT2D eigenvalue weighted by Crippen LogP contribution is -2.51. The lowest BCUT2D eigenvalue weighted by molar-refractivity contribution is -0.127. The zero-order valence-electron chi connectivity index (χ0n) is 14.5. The molecule has 0 spiro atoms. The van der Waals surface area contributed by atoms with Gasteiger partial charge in [-0.1, -0.05) is 40.9 Å². The minimum atomic E-state index is -0.869. The molecule has 27 heavy (non-hydrogen) atoms. The van der Waals surface area contributed by atoms with Gasteiger partial charge in [0.05, 0.1) is 5.02 Å². The van der Waals surface area contributed by atoms with Crippen LogP contribution in [-0.4, -0.2) is 23.0 Å². The van der Waals surface area contributed by atoms with E-state index in [4.69, 9.17) is 40.2 Å². The van der Waals surface area contributed by atoms with Gasteiger partial charge < -0.3 is 4.74 Å². The number of rotatable bonds is 4. The molecule has 9 heteroatoms. The van der Waals surface area contributed by atoms with Gasteiger partial charge in [-0.2, -0.15) is 0 Å². The molecule has 0 aliphatic rings. The Morgan fingerprint density at radius 1 is 1.07 bits per heavy atom. The maximum Gasteiger partial charge on any atom is 0.279 e. The number of carbonyl (C=O) groups excluding carboxylic acids is 2. The van der Waals surface area contributed by atoms with E-state index in [1.165, 1.54) is 13.0 Å². The summed E-state index contributed by atoms with van der Waals surface area (Å²) in [5, 5.41) is 3.16. The highest BCUT2D eigenvalue weighted by Gasteiger charge is 2.17. The molecule has 0 fully saturated rings. The third kappa shape index (κ3) is 6.39. The van der Waals surface area contributed by atoms with Gasteiger partial charge in [-0.3, -0.25) is 25.8 Å². The Kier molecular flexibility index (Phi) is 7.41. The zero-order chi connectivity index (χ0) is 20.0. The van der Waals surface area contributed by atoms with Gasteiger partial charge in [0, 0.05) is 10.6 Å². The van der Waals surface area contributed by atoms with Crippen LogP contribution in [0.4, 0.5) is 0 Å². The van der Waals surface area contributed by atoms with E-state index in [0.717, 1.165) is 5.56 Å². The highest BCUT2D eigenvalue weighted by molar-refractivity contribution is 7.80. The summed E-state index contributed by atoms with van der Waals surface area (Å²) in [6.07, 6.45) is -0.869. The average molecular weight is 426 g/mol. The van der Waals surface area contributed by atoms with E-state index in [2.05, 4.69) is 16.2 Å². The monoisotopic (exact) mass is 425 g/mol. The van der Waals surface area contributed by atoms with Crippen molar-refractivity contribution in [2.75, 3.05) is 0 Å². The molecule has 2 aromatic rings. The van der Waals surface area contributed by atoms with E-state index in [1.807, 2.05) is 19.1 Å². The maximum absolute atomic E-state index is 12.1. The first-order valence-electron chi connectivity index (χ1n) is 7.86. The minimum absolute atomic E-state index is 0.0503. The van der Waals surface area contributed by atoms with Crippen LogP contribution in [0, 0.1) is 6.92 Å². The highest BCUT2D eigenvalue weighted by atomic mass is 35.5. The van der Waals surface area contributed by atoms with E-state index in [1.54, 1.807) is 24.3 Å². The number of hydrogen-bond acceptors (Lipinski definition) is 4. The molecule has 0 saturated heterocycles. The van der Waals surface area contributed by atoms with E-state index < -0.39 is 12.0 Å². The smallest absolute Gasteiger partial charge is 0.279 e. The summed E-state index contributed by atoms with van der Waals surface area (Å²) >= 11 is 16.8. The fourth-order valence-corrected chi connectivity index (χ4v) is 2.54. The molecular weight excluding hydrogens is 409 g/mol. The standard InChI is InChI=1S/C18H17Cl2N3O3S/c1-10-3-5-12(6-4-10)17(25)21-18(27)23-22-16(24)11(2)26-15-8-7-13(19)9-14(15)20/h3-9,11H,1-2H3,(H,22,24)(H2,21,23,25,27). The van der Waals surface area contributed by atoms with Crippen molar-refractivity contribution in [3.8, 4) is 5.75 Å². The number of thiocarbonyl (C=S) groups is 1. The second kappa shape index (κ2) is 9.55. The molecule has 2 rings (SSSR count). The molecule has 0 aliphatic heterocycles. The fourth-order valence-electron chi connectivity index (χ4n) is 1.95. The van der Waals surface area contributed by atoms with Crippen LogP contribution in [0.3, 0.4) is 0 Å². The van der Waals surface area contributed by atoms with Crippen molar-refractivity contribution in [3.05, 3.63) is 63.6 Å². The van der Waals surface area contributed by atoms with Crippen molar-refractivity contribution < 1.29 is 14.3 Å². The largest absolute Gasteiger partial charge is 0.479 e. The van der Waals surface area contributed by atoms with Crippen molar-refractivity contribution in [3.63, 3.8) is 0 Å². The second-order valence-electron chi connectivity index (χ2n) is 5.60.